The SMILES string of the molecule is CCc1ccc(Nc2nc(-n3nc(C)cc3C)nc3sccc23)cc1. The van der Waals surface area contributed by atoms with E-state index in [-0.39, 0.29) is 0 Å². The van der Waals surface area contributed by atoms with Crippen LogP contribution in [0, 0.1) is 13.8 Å². The molecule has 3 heterocycles. The highest BCUT2D eigenvalue weighted by Gasteiger charge is 2.13. The Balaban J connectivity index is 1.79. The van der Waals surface area contributed by atoms with Crippen molar-refractivity contribution in [1.82, 2.24) is 19.7 Å². The van der Waals surface area contributed by atoms with Crippen molar-refractivity contribution in [2.75, 3.05) is 5.32 Å². The highest BCUT2D eigenvalue weighted by atomic mass is 32.1. The number of nitrogens with one attached hydrogen (secondary N) is 1. The molecular formula is C19H19N5S. The predicted molar refractivity (Wildman–Crippen MR) is 103 cm³/mol. The van der Waals surface area contributed by atoms with Gasteiger partial charge in [0.25, 0.3) is 5.95 Å². The van der Waals surface area contributed by atoms with Gasteiger partial charge in [-0.15, -0.1) is 11.3 Å². The van der Waals surface area contributed by atoms with Crippen molar-refractivity contribution < 1.29 is 0 Å². The third kappa shape index (κ3) is 3.00. The van der Waals surface area contributed by atoms with Crippen molar-refractivity contribution in [3.8, 4) is 5.95 Å². The van der Waals surface area contributed by atoms with Crippen molar-refractivity contribution in [2.45, 2.75) is 27.2 Å². The van der Waals surface area contributed by atoms with Crippen LogP contribution in [0.4, 0.5) is 11.5 Å². The molecule has 0 spiro atoms. The van der Waals surface area contributed by atoms with E-state index in [9.17, 15) is 0 Å². The van der Waals surface area contributed by atoms with Gasteiger partial charge in [-0.05, 0) is 55.5 Å². The van der Waals surface area contributed by atoms with Gasteiger partial charge in [0.1, 0.15) is 10.6 Å². The van der Waals surface area contributed by atoms with Crippen LogP contribution in [0.25, 0.3) is 16.2 Å². The zero-order valence-corrected chi connectivity index (χ0v) is 15.3. The molecule has 0 bridgehead atoms. The van der Waals surface area contributed by atoms with E-state index in [1.165, 1.54) is 5.56 Å². The number of thiophene rings is 1. The van der Waals surface area contributed by atoms with Gasteiger partial charge in [0.15, 0.2) is 0 Å². The molecule has 0 aliphatic heterocycles. The van der Waals surface area contributed by atoms with Crippen molar-refractivity contribution in [2.24, 2.45) is 0 Å². The minimum Gasteiger partial charge on any atom is -0.340 e. The summed E-state index contributed by atoms with van der Waals surface area (Å²) in [6.45, 7) is 6.14. The van der Waals surface area contributed by atoms with Crippen molar-refractivity contribution in [3.05, 3.63) is 58.7 Å². The van der Waals surface area contributed by atoms with Gasteiger partial charge in [0.05, 0.1) is 11.1 Å². The van der Waals surface area contributed by atoms with Crippen LogP contribution >= 0.6 is 11.3 Å². The van der Waals surface area contributed by atoms with Crippen LogP contribution in [-0.4, -0.2) is 19.7 Å². The molecular weight excluding hydrogens is 330 g/mol. The first-order chi connectivity index (χ1) is 12.1. The van der Waals surface area contributed by atoms with Crippen LogP contribution < -0.4 is 5.32 Å². The number of nitrogens with zero attached hydrogens (tertiary/aromatic N) is 4. The molecule has 0 aliphatic carbocycles. The molecule has 1 N–H and O–H groups in total. The number of aryl methyl sites for hydroxylation is 3. The molecule has 0 aliphatic rings. The van der Waals surface area contributed by atoms with Gasteiger partial charge in [-0.1, -0.05) is 19.1 Å². The van der Waals surface area contributed by atoms with E-state index < -0.39 is 0 Å². The minimum absolute atomic E-state index is 0.591. The summed E-state index contributed by atoms with van der Waals surface area (Å²) in [5, 5.41) is 11.0. The van der Waals surface area contributed by atoms with Crippen molar-refractivity contribution in [3.63, 3.8) is 0 Å². The van der Waals surface area contributed by atoms with E-state index in [1.54, 1.807) is 16.0 Å². The fraction of sp³-hybridized carbons (Fsp3) is 0.211. The molecule has 0 amide bonds. The van der Waals surface area contributed by atoms with Gasteiger partial charge in [0.2, 0.25) is 0 Å². The lowest BCUT2D eigenvalue weighted by Gasteiger charge is -2.10. The molecule has 0 fully saturated rings. The first-order valence-corrected chi connectivity index (χ1v) is 9.17. The zero-order valence-electron chi connectivity index (χ0n) is 14.4. The lowest BCUT2D eigenvalue weighted by atomic mass is 10.1. The summed E-state index contributed by atoms with van der Waals surface area (Å²) >= 11 is 1.61. The van der Waals surface area contributed by atoms with E-state index >= 15 is 0 Å². The number of rotatable bonds is 4. The lowest BCUT2D eigenvalue weighted by Crippen LogP contribution is -2.07. The maximum absolute atomic E-state index is 4.74. The van der Waals surface area contributed by atoms with Gasteiger partial charge >= 0.3 is 0 Å². The molecule has 0 atom stereocenters. The Morgan fingerprint density at radius 1 is 1.08 bits per heavy atom. The average molecular weight is 349 g/mol. The monoisotopic (exact) mass is 349 g/mol. The second-order valence-electron chi connectivity index (χ2n) is 6.03. The third-order valence-corrected chi connectivity index (χ3v) is 4.94. The largest absolute Gasteiger partial charge is 0.340 e. The maximum atomic E-state index is 4.74. The molecule has 4 aromatic rings. The second-order valence-corrected chi connectivity index (χ2v) is 6.92. The van der Waals surface area contributed by atoms with Crippen LogP contribution in [0.15, 0.2) is 41.8 Å². The van der Waals surface area contributed by atoms with Gasteiger partial charge in [0, 0.05) is 11.4 Å². The summed E-state index contributed by atoms with van der Waals surface area (Å²) in [6, 6.07) is 12.5. The Bertz CT molecular complexity index is 1030. The Hall–Kier alpha value is -2.73. The van der Waals surface area contributed by atoms with Crippen molar-refractivity contribution >= 4 is 33.1 Å². The maximum Gasteiger partial charge on any atom is 0.254 e. The van der Waals surface area contributed by atoms with E-state index in [0.717, 1.165) is 39.5 Å². The van der Waals surface area contributed by atoms with E-state index in [1.807, 2.05) is 31.4 Å². The third-order valence-electron chi connectivity index (χ3n) is 4.14. The van der Waals surface area contributed by atoms with Crippen LogP contribution in [-0.2, 0) is 6.42 Å². The summed E-state index contributed by atoms with van der Waals surface area (Å²) in [6.07, 6.45) is 1.03. The van der Waals surface area contributed by atoms with Gasteiger partial charge in [-0.25, -0.2) is 4.68 Å². The molecule has 3 aromatic heterocycles. The highest BCUT2D eigenvalue weighted by Crippen LogP contribution is 2.28. The Kier molecular flexibility index (Phi) is 3.97. The zero-order chi connectivity index (χ0) is 17.4. The topological polar surface area (TPSA) is 55.6 Å². The van der Waals surface area contributed by atoms with Crippen LogP contribution in [0.3, 0.4) is 0 Å². The summed E-state index contributed by atoms with van der Waals surface area (Å²) in [5.41, 5.74) is 4.31. The Morgan fingerprint density at radius 3 is 2.56 bits per heavy atom. The normalized spacial score (nSPS) is 11.2. The smallest absolute Gasteiger partial charge is 0.254 e. The molecule has 0 saturated heterocycles. The van der Waals surface area contributed by atoms with Crippen molar-refractivity contribution in [1.29, 1.82) is 0 Å². The number of aromatic nitrogens is 4. The fourth-order valence-electron chi connectivity index (χ4n) is 2.83. The quantitative estimate of drug-likeness (QED) is 0.575. The summed E-state index contributed by atoms with van der Waals surface area (Å²) < 4.78 is 1.79. The molecule has 5 nitrogen and oxygen atoms in total. The predicted octanol–water partition coefficient (Wildman–Crippen LogP) is 4.80. The summed E-state index contributed by atoms with van der Waals surface area (Å²) in [5.74, 6) is 1.39. The standard InChI is InChI=1S/C19H19N5S/c1-4-14-5-7-15(8-6-14)20-17-16-9-10-25-18(16)22-19(21-17)24-13(3)11-12(2)23-24/h5-11H,4H2,1-3H3,(H,20,21,22). The molecule has 126 valence electrons. The van der Waals surface area contributed by atoms with Gasteiger partial charge < -0.3 is 5.32 Å². The van der Waals surface area contributed by atoms with Crippen LogP contribution in [0.1, 0.15) is 23.9 Å². The lowest BCUT2D eigenvalue weighted by molar-refractivity contribution is 0.782. The number of hydrogen-bond donors (Lipinski definition) is 1. The number of benzene rings is 1. The van der Waals surface area contributed by atoms with Crippen LogP contribution in [0.5, 0.6) is 0 Å². The fourth-order valence-corrected chi connectivity index (χ4v) is 3.59. The van der Waals surface area contributed by atoms with E-state index in [0.29, 0.717) is 5.95 Å². The molecule has 0 unspecified atom stereocenters. The molecule has 1 aromatic carbocycles. The second kappa shape index (κ2) is 6.29. The minimum atomic E-state index is 0.591. The Morgan fingerprint density at radius 2 is 1.88 bits per heavy atom. The molecule has 6 heteroatoms. The molecule has 25 heavy (non-hydrogen) atoms. The molecule has 0 radical (unpaired) electrons. The summed E-state index contributed by atoms with van der Waals surface area (Å²) in [7, 11) is 0. The van der Waals surface area contributed by atoms with Crippen LogP contribution in [0.2, 0.25) is 0 Å². The highest BCUT2D eigenvalue weighted by molar-refractivity contribution is 7.16. The summed E-state index contributed by atoms with van der Waals surface area (Å²) in [4.78, 5) is 10.4. The van der Waals surface area contributed by atoms with E-state index in [4.69, 9.17) is 4.98 Å². The Labute approximate surface area is 150 Å². The average Bonchev–Trinajstić information content (AvgIpc) is 3.21. The molecule has 4 rings (SSSR count). The van der Waals surface area contributed by atoms with Gasteiger partial charge in [-0.2, -0.15) is 15.1 Å². The number of hydrogen-bond acceptors (Lipinski definition) is 5. The number of anilines is 2. The number of fused-ring (bicyclic) bond motifs is 1. The van der Waals surface area contributed by atoms with E-state index in [2.05, 4.69) is 46.6 Å². The first-order valence-electron chi connectivity index (χ1n) is 8.29. The first kappa shape index (κ1) is 15.8. The van der Waals surface area contributed by atoms with Gasteiger partial charge in [-0.3, -0.25) is 0 Å². The molecule has 0 saturated carbocycles.